The molecule has 5 heteroatoms. The minimum absolute atomic E-state index is 0.129. The Morgan fingerprint density at radius 3 is 2.68 bits per heavy atom. The second kappa shape index (κ2) is 7.83. The van der Waals surface area contributed by atoms with Crippen LogP contribution in [-0.2, 0) is 16.7 Å². The largest absolute Gasteiger partial charge is 0.381 e. The molecule has 0 bridgehead atoms. The van der Waals surface area contributed by atoms with E-state index in [2.05, 4.69) is 53.9 Å². The lowest BCUT2D eigenvalue weighted by Gasteiger charge is -2.46. The van der Waals surface area contributed by atoms with Crippen LogP contribution in [0.15, 0.2) is 23.2 Å². The van der Waals surface area contributed by atoms with Crippen LogP contribution in [0.3, 0.4) is 0 Å². The number of likely N-dealkylation sites (N-methyl/N-ethyl adjacent to an activating group) is 1. The van der Waals surface area contributed by atoms with E-state index in [1.807, 2.05) is 7.11 Å². The summed E-state index contributed by atoms with van der Waals surface area (Å²) in [5.41, 5.74) is 10.4. The molecular formula is C26H36N4O. The summed E-state index contributed by atoms with van der Waals surface area (Å²) in [6.45, 7) is 2.78. The molecule has 0 aromatic heterocycles. The monoisotopic (exact) mass is 420 g/mol. The van der Waals surface area contributed by atoms with Crippen molar-refractivity contribution in [3.05, 3.63) is 34.9 Å². The van der Waals surface area contributed by atoms with Gasteiger partial charge in [-0.05, 0) is 82.3 Å². The van der Waals surface area contributed by atoms with Crippen LogP contribution in [0, 0.1) is 23.2 Å². The molecule has 4 aliphatic rings. The predicted molar refractivity (Wildman–Crippen MR) is 125 cm³/mol. The molecule has 1 heterocycles. The van der Waals surface area contributed by atoms with Crippen molar-refractivity contribution in [3.8, 4) is 11.8 Å². The van der Waals surface area contributed by atoms with E-state index in [1.165, 1.54) is 24.0 Å². The van der Waals surface area contributed by atoms with Gasteiger partial charge in [0.25, 0.3) is 0 Å². The first kappa shape index (κ1) is 20.8. The van der Waals surface area contributed by atoms with E-state index < -0.39 is 0 Å². The third-order valence-corrected chi connectivity index (χ3v) is 8.05. The number of nitrogens with zero attached hydrogens (tertiary/aromatic N) is 3. The van der Waals surface area contributed by atoms with E-state index in [0.717, 1.165) is 57.3 Å². The van der Waals surface area contributed by atoms with Gasteiger partial charge in [-0.25, -0.2) is 4.99 Å². The first-order chi connectivity index (χ1) is 14.9. The summed E-state index contributed by atoms with van der Waals surface area (Å²) in [7, 11) is 6.08. The number of hydrogen-bond acceptors (Lipinski definition) is 5. The van der Waals surface area contributed by atoms with E-state index in [1.54, 1.807) is 0 Å². The molecule has 1 unspecified atom stereocenters. The Bertz CT molecular complexity index is 930. The highest BCUT2D eigenvalue weighted by atomic mass is 16.5. The van der Waals surface area contributed by atoms with Gasteiger partial charge in [-0.1, -0.05) is 17.9 Å². The zero-order valence-corrected chi connectivity index (χ0v) is 19.3. The molecule has 0 saturated heterocycles. The summed E-state index contributed by atoms with van der Waals surface area (Å²) >= 11 is 0. The molecule has 166 valence electrons. The molecule has 1 aromatic carbocycles. The van der Waals surface area contributed by atoms with Gasteiger partial charge in [-0.15, -0.1) is 0 Å². The van der Waals surface area contributed by atoms with Crippen molar-refractivity contribution >= 4 is 5.96 Å². The van der Waals surface area contributed by atoms with E-state index in [9.17, 15) is 0 Å². The number of ether oxygens (including phenoxy) is 1. The normalized spacial score (nSPS) is 31.8. The Morgan fingerprint density at radius 1 is 1.23 bits per heavy atom. The van der Waals surface area contributed by atoms with Gasteiger partial charge in [0.2, 0.25) is 0 Å². The fourth-order valence-electron chi connectivity index (χ4n) is 5.98. The Kier molecular flexibility index (Phi) is 5.27. The smallest absolute Gasteiger partial charge is 0.192 e. The summed E-state index contributed by atoms with van der Waals surface area (Å²) in [6, 6.07) is 6.88. The van der Waals surface area contributed by atoms with Crippen molar-refractivity contribution in [3.63, 3.8) is 0 Å². The molecule has 2 spiro atoms. The zero-order valence-electron chi connectivity index (χ0n) is 19.3. The molecule has 2 saturated carbocycles. The average Bonchev–Trinajstić information content (AvgIpc) is 3.48. The van der Waals surface area contributed by atoms with Gasteiger partial charge in [0.15, 0.2) is 5.96 Å². The minimum atomic E-state index is -0.255. The quantitative estimate of drug-likeness (QED) is 0.761. The van der Waals surface area contributed by atoms with E-state index in [4.69, 9.17) is 15.5 Å². The van der Waals surface area contributed by atoms with E-state index >= 15 is 0 Å². The van der Waals surface area contributed by atoms with Gasteiger partial charge in [0, 0.05) is 37.1 Å². The number of hydrogen-bond donors (Lipinski definition) is 1. The van der Waals surface area contributed by atoms with E-state index in [0.29, 0.717) is 18.0 Å². The summed E-state index contributed by atoms with van der Waals surface area (Å²) in [4.78, 5) is 9.83. The zero-order chi connectivity index (χ0) is 21.6. The lowest BCUT2D eigenvalue weighted by molar-refractivity contribution is -0.00418. The predicted octanol–water partition coefficient (Wildman–Crippen LogP) is 2.97. The fourth-order valence-corrected chi connectivity index (χ4v) is 5.98. The first-order valence-corrected chi connectivity index (χ1v) is 11.9. The van der Waals surface area contributed by atoms with Gasteiger partial charge >= 0.3 is 0 Å². The van der Waals surface area contributed by atoms with Crippen molar-refractivity contribution in [1.29, 1.82) is 0 Å². The fraction of sp³-hybridized carbons (Fsp3) is 0.654. The van der Waals surface area contributed by atoms with Crippen LogP contribution in [0.4, 0.5) is 0 Å². The molecule has 0 radical (unpaired) electrons. The van der Waals surface area contributed by atoms with Crippen LogP contribution in [0.5, 0.6) is 0 Å². The molecule has 1 aromatic rings. The number of nitrogens with two attached hydrogens (primary N) is 1. The average molecular weight is 421 g/mol. The standard InChI is InChI=1S/C26H36N4O/c1-29(2)14-15-30-18-26(28-24(30)27)23-16-20(7-6-19-4-5-19)8-9-21(23)17-25(26)12-10-22(31-3)11-13-25/h8-9,16,19,22H,4-5,10-15,17-18H2,1-3H3,(H2,27,28). The summed E-state index contributed by atoms with van der Waals surface area (Å²) < 4.78 is 5.71. The SMILES string of the molecule is COC1CCC2(CC1)Cc1ccc(C#CC3CC3)cc1C21CN(CCN(C)C)C(N)=N1. The van der Waals surface area contributed by atoms with Crippen LogP contribution >= 0.6 is 0 Å². The van der Waals surface area contributed by atoms with E-state index in [-0.39, 0.29) is 11.0 Å². The molecule has 5 nitrogen and oxygen atoms in total. The molecule has 2 N–H and O–H groups in total. The Morgan fingerprint density at radius 2 is 2.00 bits per heavy atom. The summed E-state index contributed by atoms with van der Waals surface area (Å²) in [5.74, 6) is 8.19. The molecule has 3 aliphatic carbocycles. The Hall–Kier alpha value is -2.03. The van der Waals surface area contributed by atoms with Crippen molar-refractivity contribution in [1.82, 2.24) is 9.80 Å². The van der Waals surface area contributed by atoms with Gasteiger partial charge in [-0.3, -0.25) is 0 Å². The first-order valence-electron chi connectivity index (χ1n) is 11.9. The molecule has 2 fully saturated rings. The number of fused-ring (bicyclic) bond motifs is 3. The highest BCUT2D eigenvalue weighted by Crippen LogP contribution is 2.61. The topological polar surface area (TPSA) is 54.1 Å². The summed E-state index contributed by atoms with van der Waals surface area (Å²) in [6.07, 6.45) is 8.47. The van der Waals surface area contributed by atoms with Gasteiger partial charge < -0.3 is 20.3 Å². The Balaban J connectivity index is 1.52. The lowest BCUT2D eigenvalue weighted by atomic mass is 9.61. The number of rotatable bonds is 4. The van der Waals surface area contributed by atoms with Crippen molar-refractivity contribution in [2.24, 2.45) is 22.1 Å². The number of guanidine groups is 1. The maximum atomic E-state index is 6.57. The number of benzene rings is 1. The van der Waals surface area contributed by atoms with Crippen molar-refractivity contribution < 1.29 is 4.74 Å². The molecule has 0 amide bonds. The lowest BCUT2D eigenvalue weighted by Crippen LogP contribution is -2.49. The second-order valence-corrected chi connectivity index (χ2v) is 10.4. The molecule has 5 rings (SSSR count). The van der Waals surface area contributed by atoms with Crippen LogP contribution in [-0.4, -0.2) is 62.7 Å². The van der Waals surface area contributed by atoms with Crippen molar-refractivity contribution in [2.45, 2.75) is 56.6 Å². The summed E-state index contributed by atoms with van der Waals surface area (Å²) in [5, 5.41) is 0. The maximum absolute atomic E-state index is 6.57. The molecule has 1 aliphatic heterocycles. The van der Waals surface area contributed by atoms with Crippen LogP contribution < -0.4 is 5.73 Å². The third-order valence-electron chi connectivity index (χ3n) is 8.05. The number of methoxy groups -OCH3 is 1. The number of aliphatic imine (C=N–C) groups is 1. The highest BCUT2D eigenvalue weighted by molar-refractivity contribution is 5.81. The molecule has 31 heavy (non-hydrogen) atoms. The highest BCUT2D eigenvalue weighted by Gasteiger charge is 2.61. The van der Waals surface area contributed by atoms with Crippen LogP contribution in [0.1, 0.15) is 55.2 Å². The van der Waals surface area contributed by atoms with Crippen LogP contribution in [0.25, 0.3) is 0 Å². The Labute approximate surface area is 187 Å². The van der Waals surface area contributed by atoms with Crippen molar-refractivity contribution in [2.75, 3.05) is 40.8 Å². The molecule has 1 atom stereocenters. The van der Waals surface area contributed by atoms with Crippen LogP contribution in [0.2, 0.25) is 0 Å². The van der Waals surface area contributed by atoms with Gasteiger partial charge in [-0.2, -0.15) is 0 Å². The van der Waals surface area contributed by atoms with Gasteiger partial charge in [0.05, 0.1) is 12.6 Å². The molecular weight excluding hydrogens is 384 g/mol. The third kappa shape index (κ3) is 3.64. The maximum Gasteiger partial charge on any atom is 0.192 e. The second-order valence-electron chi connectivity index (χ2n) is 10.4. The van der Waals surface area contributed by atoms with Gasteiger partial charge in [0.1, 0.15) is 5.54 Å². The minimum Gasteiger partial charge on any atom is -0.381 e.